The van der Waals surface area contributed by atoms with Crippen LogP contribution in [0.3, 0.4) is 0 Å². The normalized spacial score (nSPS) is 14.1. The molecule has 2 heterocycles. The van der Waals surface area contributed by atoms with E-state index in [-0.39, 0.29) is 5.41 Å². The molecule has 3 N–H and O–H groups in total. The van der Waals surface area contributed by atoms with Crippen molar-refractivity contribution in [3.63, 3.8) is 0 Å². The van der Waals surface area contributed by atoms with Crippen molar-refractivity contribution in [2.75, 3.05) is 13.6 Å². The molecule has 6 heteroatoms. The van der Waals surface area contributed by atoms with Gasteiger partial charge in [0.25, 0.3) is 0 Å². The predicted octanol–water partition coefficient (Wildman–Crippen LogP) is 2.78. The Morgan fingerprint density at radius 1 is 1.40 bits per heavy atom. The van der Waals surface area contributed by atoms with Gasteiger partial charge in [0, 0.05) is 18.2 Å². The number of hydroxylamine groups is 1. The van der Waals surface area contributed by atoms with Gasteiger partial charge in [-0.3, -0.25) is 0 Å². The summed E-state index contributed by atoms with van der Waals surface area (Å²) in [6.07, 6.45) is 5.29. The zero-order valence-electron chi connectivity index (χ0n) is 15.8. The van der Waals surface area contributed by atoms with Gasteiger partial charge >= 0.3 is 0 Å². The molecule has 0 aromatic carbocycles. The van der Waals surface area contributed by atoms with Crippen LogP contribution in [0.1, 0.15) is 51.1 Å². The fourth-order valence-electron chi connectivity index (χ4n) is 2.93. The first-order valence-corrected chi connectivity index (χ1v) is 8.72. The van der Waals surface area contributed by atoms with E-state index in [0.29, 0.717) is 0 Å². The van der Waals surface area contributed by atoms with Crippen LogP contribution in [0.5, 0.6) is 0 Å². The highest BCUT2D eigenvalue weighted by atomic mass is 16.5. The van der Waals surface area contributed by atoms with Crippen LogP contribution in [0.2, 0.25) is 0 Å². The average Bonchev–Trinajstić information content (AvgIpc) is 2.91. The Morgan fingerprint density at radius 3 is 2.72 bits per heavy atom. The number of hydrogen-bond donors (Lipinski definition) is 3. The van der Waals surface area contributed by atoms with Gasteiger partial charge in [0.1, 0.15) is 11.9 Å². The SMILES string of the molecule is CCCN(C)Cc1c(C(C)(C)C)nc2cc(/C=C/C(O)NO)ccn12. The van der Waals surface area contributed by atoms with Crippen LogP contribution in [0, 0.1) is 0 Å². The van der Waals surface area contributed by atoms with Gasteiger partial charge < -0.3 is 19.6 Å². The molecule has 0 fully saturated rings. The molecular weight excluding hydrogens is 316 g/mol. The highest BCUT2D eigenvalue weighted by molar-refractivity contribution is 5.57. The predicted molar refractivity (Wildman–Crippen MR) is 100 cm³/mol. The molecule has 1 atom stereocenters. The second-order valence-corrected chi connectivity index (χ2v) is 7.52. The van der Waals surface area contributed by atoms with Crippen molar-refractivity contribution in [3.05, 3.63) is 41.4 Å². The molecule has 2 aromatic rings. The van der Waals surface area contributed by atoms with Gasteiger partial charge in [-0.25, -0.2) is 4.98 Å². The molecule has 0 saturated carbocycles. The lowest BCUT2D eigenvalue weighted by Gasteiger charge is -2.21. The molecule has 25 heavy (non-hydrogen) atoms. The smallest absolute Gasteiger partial charge is 0.146 e. The molecule has 0 spiro atoms. The molecule has 0 radical (unpaired) electrons. The van der Waals surface area contributed by atoms with Gasteiger partial charge in [0.05, 0.1) is 11.4 Å². The highest BCUT2D eigenvalue weighted by Crippen LogP contribution is 2.27. The summed E-state index contributed by atoms with van der Waals surface area (Å²) in [5, 5.41) is 18.0. The third-order valence-electron chi connectivity index (χ3n) is 4.09. The average molecular weight is 346 g/mol. The maximum absolute atomic E-state index is 9.36. The fourth-order valence-corrected chi connectivity index (χ4v) is 2.93. The van der Waals surface area contributed by atoms with E-state index in [2.05, 4.69) is 44.0 Å². The minimum absolute atomic E-state index is 0.0403. The number of hydrogen-bond acceptors (Lipinski definition) is 5. The maximum atomic E-state index is 9.36. The lowest BCUT2D eigenvalue weighted by atomic mass is 9.90. The summed E-state index contributed by atoms with van der Waals surface area (Å²) in [6.45, 7) is 10.6. The third kappa shape index (κ3) is 4.89. The van der Waals surface area contributed by atoms with Crippen LogP contribution in [0.4, 0.5) is 0 Å². The first-order valence-electron chi connectivity index (χ1n) is 8.72. The standard InChI is InChI=1S/C19H30N4O2/c1-6-10-22(5)13-15-18(19(2,3)4)20-16-12-14(9-11-23(15)16)7-8-17(24)21-25/h7-9,11-12,17,21,24-25H,6,10,13H2,1-5H3/b8-7+. The number of fused-ring (bicyclic) bond motifs is 1. The summed E-state index contributed by atoms with van der Waals surface area (Å²) < 4.78 is 2.14. The van der Waals surface area contributed by atoms with Crippen molar-refractivity contribution in [1.29, 1.82) is 0 Å². The van der Waals surface area contributed by atoms with Crippen LogP contribution in [-0.4, -0.2) is 44.4 Å². The van der Waals surface area contributed by atoms with Gasteiger partial charge in [0.15, 0.2) is 0 Å². The summed E-state index contributed by atoms with van der Waals surface area (Å²) in [5.74, 6) is 0. The zero-order valence-corrected chi connectivity index (χ0v) is 15.8. The van der Waals surface area contributed by atoms with Gasteiger partial charge in [-0.2, -0.15) is 5.48 Å². The van der Waals surface area contributed by atoms with E-state index in [4.69, 9.17) is 10.2 Å². The van der Waals surface area contributed by atoms with E-state index in [0.717, 1.165) is 36.4 Å². The number of rotatable bonds is 7. The number of aromatic nitrogens is 2. The minimum Gasteiger partial charge on any atom is -0.373 e. The monoisotopic (exact) mass is 346 g/mol. The minimum atomic E-state index is -1.08. The lowest BCUT2D eigenvalue weighted by Crippen LogP contribution is -2.23. The molecule has 2 rings (SSSR count). The number of aliphatic hydroxyl groups excluding tert-OH is 1. The lowest BCUT2D eigenvalue weighted by molar-refractivity contribution is 0.0323. The van der Waals surface area contributed by atoms with Crippen molar-refractivity contribution in [2.24, 2.45) is 0 Å². The second kappa shape index (κ2) is 8.10. The fraction of sp³-hybridized carbons (Fsp3) is 0.526. The molecule has 0 aliphatic rings. The van der Waals surface area contributed by atoms with Gasteiger partial charge in [-0.05, 0) is 43.8 Å². The van der Waals surface area contributed by atoms with Crippen LogP contribution in [-0.2, 0) is 12.0 Å². The molecule has 1 unspecified atom stereocenters. The molecule has 0 aliphatic carbocycles. The van der Waals surface area contributed by atoms with Gasteiger partial charge in [-0.15, -0.1) is 0 Å². The summed E-state index contributed by atoms with van der Waals surface area (Å²) in [5.41, 5.74) is 5.87. The Hall–Kier alpha value is -1.73. The Kier molecular flexibility index (Phi) is 6.35. The van der Waals surface area contributed by atoms with Crippen LogP contribution >= 0.6 is 0 Å². The molecule has 6 nitrogen and oxygen atoms in total. The van der Waals surface area contributed by atoms with Crippen molar-refractivity contribution >= 4 is 11.7 Å². The molecule has 138 valence electrons. The number of nitrogens with zero attached hydrogens (tertiary/aromatic N) is 3. The number of aliphatic hydroxyl groups is 1. The molecule has 0 bridgehead atoms. The molecular formula is C19H30N4O2. The topological polar surface area (TPSA) is 73.0 Å². The molecule has 0 amide bonds. The van der Waals surface area contributed by atoms with Crippen molar-refractivity contribution < 1.29 is 10.3 Å². The first-order chi connectivity index (χ1) is 11.8. The number of imidazole rings is 1. The van der Waals surface area contributed by atoms with E-state index in [1.807, 2.05) is 18.3 Å². The van der Waals surface area contributed by atoms with E-state index in [9.17, 15) is 5.11 Å². The summed E-state index contributed by atoms with van der Waals surface area (Å²) in [4.78, 5) is 7.20. The number of nitrogens with one attached hydrogen (secondary N) is 1. The maximum Gasteiger partial charge on any atom is 0.146 e. The van der Waals surface area contributed by atoms with Gasteiger partial charge in [-0.1, -0.05) is 33.8 Å². The molecule has 0 saturated heterocycles. The van der Waals surface area contributed by atoms with Crippen molar-refractivity contribution in [1.82, 2.24) is 19.8 Å². The van der Waals surface area contributed by atoms with E-state index in [1.165, 1.54) is 11.8 Å². The Labute approximate surface area is 149 Å². The van der Waals surface area contributed by atoms with Crippen molar-refractivity contribution in [2.45, 2.75) is 52.3 Å². The largest absolute Gasteiger partial charge is 0.373 e. The zero-order chi connectivity index (χ0) is 18.6. The van der Waals surface area contributed by atoms with Gasteiger partial charge in [0.2, 0.25) is 0 Å². The third-order valence-corrected chi connectivity index (χ3v) is 4.09. The van der Waals surface area contributed by atoms with Crippen LogP contribution in [0.15, 0.2) is 24.4 Å². The summed E-state index contributed by atoms with van der Waals surface area (Å²) in [6, 6.07) is 3.96. The highest BCUT2D eigenvalue weighted by Gasteiger charge is 2.24. The van der Waals surface area contributed by atoms with E-state index in [1.54, 1.807) is 11.6 Å². The van der Waals surface area contributed by atoms with Crippen LogP contribution < -0.4 is 5.48 Å². The molecule has 2 aromatic heterocycles. The Bertz CT molecular complexity index is 731. The Balaban J connectivity index is 2.45. The first kappa shape index (κ1) is 19.6. The molecule has 0 aliphatic heterocycles. The quantitative estimate of drug-likeness (QED) is 0.531. The van der Waals surface area contributed by atoms with E-state index < -0.39 is 6.23 Å². The summed E-state index contributed by atoms with van der Waals surface area (Å²) in [7, 11) is 2.13. The van der Waals surface area contributed by atoms with Crippen molar-refractivity contribution in [3.8, 4) is 0 Å². The van der Waals surface area contributed by atoms with E-state index >= 15 is 0 Å². The second-order valence-electron chi connectivity index (χ2n) is 7.52. The summed E-state index contributed by atoms with van der Waals surface area (Å²) >= 11 is 0. The number of pyridine rings is 1. The Morgan fingerprint density at radius 2 is 2.12 bits per heavy atom. The van der Waals surface area contributed by atoms with Crippen LogP contribution in [0.25, 0.3) is 11.7 Å².